The number of morpholine rings is 1. The number of pyridine rings is 1. The third-order valence-corrected chi connectivity index (χ3v) is 5.20. The Bertz CT molecular complexity index is 859. The molecule has 130 valence electrons. The van der Waals surface area contributed by atoms with Gasteiger partial charge in [-0.25, -0.2) is 9.97 Å². The van der Waals surface area contributed by atoms with E-state index < -0.39 is 0 Å². The van der Waals surface area contributed by atoms with E-state index in [0.29, 0.717) is 0 Å². The Morgan fingerprint density at radius 2 is 2.24 bits per heavy atom. The van der Waals surface area contributed by atoms with Crippen LogP contribution in [0.1, 0.15) is 21.7 Å². The zero-order valence-corrected chi connectivity index (χ0v) is 15.2. The van der Waals surface area contributed by atoms with Crippen molar-refractivity contribution in [2.24, 2.45) is 7.05 Å². The average Bonchev–Trinajstić information content (AvgIpc) is 3.24. The molecular formula is C18H21N5OS. The highest BCUT2D eigenvalue weighted by molar-refractivity contribution is 7.11. The molecule has 1 aliphatic rings. The fourth-order valence-electron chi connectivity index (χ4n) is 3.07. The molecule has 0 amide bonds. The summed E-state index contributed by atoms with van der Waals surface area (Å²) < 4.78 is 7.79. The lowest BCUT2D eigenvalue weighted by molar-refractivity contribution is -0.0346. The number of ether oxygens (including phenoxy) is 1. The van der Waals surface area contributed by atoms with Crippen LogP contribution in [-0.2, 0) is 18.3 Å². The summed E-state index contributed by atoms with van der Waals surface area (Å²) >= 11 is 1.76. The predicted octanol–water partition coefficient (Wildman–Crippen LogP) is 2.82. The second-order valence-electron chi connectivity index (χ2n) is 6.29. The maximum Gasteiger partial charge on any atom is 0.112 e. The summed E-state index contributed by atoms with van der Waals surface area (Å²) in [6.07, 6.45) is 5.80. The molecule has 0 aliphatic carbocycles. The summed E-state index contributed by atoms with van der Waals surface area (Å²) in [5.74, 6) is 0. The Balaban J connectivity index is 1.49. The molecule has 1 saturated heterocycles. The molecule has 0 unspecified atom stereocenters. The third-order valence-electron chi connectivity index (χ3n) is 4.30. The average molecular weight is 355 g/mol. The van der Waals surface area contributed by atoms with Crippen molar-refractivity contribution in [3.8, 4) is 11.3 Å². The Hall–Kier alpha value is -2.09. The zero-order chi connectivity index (χ0) is 17.2. The molecule has 1 fully saturated rings. The van der Waals surface area contributed by atoms with Gasteiger partial charge < -0.3 is 4.74 Å². The summed E-state index contributed by atoms with van der Waals surface area (Å²) in [5.41, 5.74) is 2.94. The van der Waals surface area contributed by atoms with E-state index in [1.54, 1.807) is 16.0 Å². The molecule has 0 saturated carbocycles. The van der Waals surface area contributed by atoms with Crippen molar-refractivity contribution in [3.63, 3.8) is 0 Å². The van der Waals surface area contributed by atoms with E-state index in [2.05, 4.69) is 15.0 Å². The van der Waals surface area contributed by atoms with Crippen molar-refractivity contribution < 1.29 is 4.74 Å². The van der Waals surface area contributed by atoms with Gasteiger partial charge in [-0.15, -0.1) is 11.3 Å². The van der Waals surface area contributed by atoms with Crippen molar-refractivity contribution in [1.82, 2.24) is 24.6 Å². The summed E-state index contributed by atoms with van der Waals surface area (Å²) in [4.78, 5) is 12.9. The van der Waals surface area contributed by atoms with Crippen molar-refractivity contribution in [2.45, 2.75) is 19.6 Å². The molecule has 3 aromatic heterocycles. The molecule has 4 rings (SSSR count). The Morgan fingerprint density at radius 1 is 1.32 bits per heavy atom. The second-order valence-corrected chi connectivity index (χ2v) is 7.61. The fraction of sp³-hybridized carbons (Fsp3) is 0.389. The molecule has 0 bridgehead atoms. The molecule has 0 N–H and O–H groups in total. The summed E-state index contributed by atoms with van der Waals surface area (Å²) in [5, 5.41) is 5.34. The first-order valence-corrected chi connectivity index (χ1v) is 9.20. The zero-order valence-electron chi connectivity index (χ0n) is 14.4. The van der Waals surface area contributed by atoms with Gasteiger partial charge in [0.05, 0.1) is 29.2 Å². The number of thiazole rings is 1. The lowest BCUT2D eigenvalue weighted by atomic mass is 10.1. The van der Waals surface area contributed by atoms with Gasteiger partial charge >= 0.3 is 0 Å². The molecule has 1 atom stereocenters. The Kier molecular flexibility index (Phi) is 4.61. The van der Waals surface area contributed by atoms with Crippen LogP contribution in [0.4, 0.5) is 0 Å². The van der Waals surface area contributed by atoms with Gasteiger partial charge in [-0.1, -0.05) is 6.07 Å². The predicted molar refractivity (Wildman–Crippen MR) is 97.3 cm³/mol. The van der Waals surface area contributed by atoms with Gasteiger partial charge in [0.2, 0.25) is 0 Å². The molecule has 6 nitrogen and oxygen atoms in total. The van der Waals surface area contributed by atoms with Gasteiger partial charge in [-0.05, 0) is 19.1 Å². The van der Waals surface area contributed by atoms with Gasteiger partial charge in [0.1, 0.15) is 6.10 Å². The van der Waals surface area contributed by atoms with E-state index in [-0.39, 0.29) is 6.10 Å². The number of hydrogen-bond acceptors (Lipinski definition) is 6. The highest BCUT2D eigenvalue weighted by Crippen LogP contribution is 2.25. The molecule has 0 aromatic carbocycles. The van der Waals surface area contributed by atoms with Crippen molar-refractivity contribution in [1.29, 1.82) is 0 Å². The lowest BCUT2D eigenvalue weighted by Gasteiger charge is -2.32. The minimum Gasteiger partial charge on any atom is -0.369 e. The number of rotatable bonds is 4. The quantitative estimate of drug-likeness (QED) is 0.720. The number of nitrogens with zero attached hydrogens (tertiary/aromatic N) is 5. The number of aryl methyl sites for hydroxylation is 2. The maximum atomic E-state index is 6.00. The molecule has 0 spiro atoms. The van der Waals surface area contributed by atoms with E-state index >= 15 is 0 Å². The smallest absolute Gasteiger partial charge is 0.112 e. The fourth-order valence-corrected chi connectivity index (χ4v) is 3.91. The van der Waals surface area contributed by atoms with Gasteiger partial charge in [0.15, 0.2) is 0 Å². The molecule has 0 radical (unpaired) electrons. The van der Waals surface area contributed by atoms with Gasteiger partial charge in [-0.2, -0.15) is 5.10 Å². The normalized spacial score (nSPS) is 18.6. The second kappa shape index (κ2) is 7.03. The van der Waals surface area contributed by atoms with Gasteiger partial charge in [0, 0.05) is 49.5 Å². The lowest BCUT2D eigenvalue weighted by Crippen LogP contribution is -2.37. The highest BCUT2D eigenvalue weighted by Gasteiger charge is 2.24. The Morgan fingerprint density at radius 3 is 3.00 bits per heavy atom. The number of aromatic nitrogens is 4. The van der Waals surface area contributed by atoms with Crippen LogP contribution in [0.5, 0.6) is 0 Å². The van der Waals surface area contributed by atoms with Gasteiger partial charge in [-0.3, -0.25) is 9.58 Å². The minimum atomic E-state index is -0.000565. The van der Waals surface area contributed by atoms with Crippen LogP contribution in [0.25, 0.3) is 11.3 Å². The van der Waals surface area contributed by atoms with Crippen LogP contribution in [0.2, 0.25) is 0 Å². The summed E-state index contributed by atoms with van der Waals surface area (Å²) in [6.45, 7) is 5.48. The van der Waals surface area contributed by atoms with Crippen LogP contribution in [0.15, 0.2) is 36.8 Å². The van der Waals surface area contributed by atoms with E-state index in [4.69, 9.17) is 9.72 Å². The van der Waals surface area contributed by atoms with Crippen LogP contribution >= 0.6 is 11.3 Å². The molecule has 25 heavy (non-hydrogen) atoms. The summed E-state index contributed by atoms with van der Waals surface area (Å²) in [7, 11) is 1.91. The number of hydrogen-bond donors (Lipinski definition) is 0. The van der Waals surface area contributed by atoms with Crippen LogP contribution in [0.3, 0.4) is 0 Å². The first kappa shape index (κ1) is 16.4. The van der Waals surface area contributed by atoms with E-state index in [9.17, 15) is 0 Å². The van der Waals surface area contributed by atoms with Crippen LogP contribution in [-0.4, -0.2) is 44.3 Å². The Labute approximate surface area is 151 Å². The molecule has 1 aliphatic heterocycles. The van der Waals surface area contributed by atoms with Crippen molar-refractivity contribution in [2.75, 3.05) is 19.7 Å². The van der Waals surface area contributed by atoms with Crippen LogP contribution in [0, 0.1) is 6.92 Å². The third kappa shape index (κ3) is 3.78. The largest absolute Gasteiger partial charge is 0.369 e. The highest BCUT2D eigenvalue weighted by atomic mass is 32.1. The standard InChI is InChI=1S/C18H21N5OS/c1-13-19-9-15(25-13)11-23-6-7-24-18(12-23)17-5-3-4-16(21-17)14-8-20-22(2)10-14/h3-5,8-10,18H,6-7,11-12H2,1-2H3/t18-/m0/s1. The van der Waals surface area contributed by atoms with E-state index in [0.717, 1.165) is 48.2 Å². The SMILES string of the molecule is Cc1ncc(CN2CCO[C@H](c3cccc(-c4cnn(C)c4)n3)C2)s1. The van der Waals surface area contributed by atoms with E-state index in [1.807, 2.05) is 50.8 Å². The monoisotopic (exact) mass is 355 g/mol. The molecule has 4 heterocycles. The molecular weight excluding hydrogens is 334 g/mol. The van der Waals surface area contributed by atoms with Crippen LogP contribution < -0.4 is 0 Å². The summed E-state index contributed by atoms with van der Waals surface area (Å²) in [6, 6.07) is 6.10. The van der Waals surface area contributed by atoms with E-state index in [1.165, 1.54) is 4.88 Å². The first-order chi connectivity index (χ1) is 12.2. The van der Waals surface area contributed by atoms with Crippen molar-refractivity contribution in [3.05, 3.63) is 52.4 Å². The maximum absolute atomic E-state index is 6.00. The first-order valence-electron chi connectivity index (χ1n) is 8.38. The topological polar surface area (TPSA) is 56.1 Å². The molecule has 3 aromatic rings. The van der Waals surface area contributed by atoms with Crippen molar-refractivity contribution >= 4 is 11.3 Å². The van der Waals surface area contributed by atoms with Gasteiger partial charge in [0.25, 0.3) is 0 Å². The molecule has 7 heteroatoms. The minimum absolute atomic E-state index is 0.000565.